The van der Waals surface area contributed by atoms with Gasteiger partial charge in [-0.1, -0.05) is 18.2 Å². The summed E-state index contributed by atoms with van der Waals surface area (Å²) in [6, 6.07) is 10.8. The summed E-state index contributed by atoms with van der Waals surface area (Å²) in [5.41, 5.74) is 2.05. The van der Waals surface area contributed by atoms with Crippen LogP contribution in [0, 0.1) is 13.8 Å². The predicted octanol–water partition coefficient (Wildman–Crippen LogP) is 2.26. The SMILES string of the molecule is Cc1cc(C)c(CNC(=O)N[C@H](C)COc2ccccc2)c(=O)[nH]1. The Bertz CT molecular complexity index is 741. The van der Waals surface area contributed by atoms with Gasteiger partial charge in [0.15, 0.2) is 0 Å². The van der Waals surface area contributed by atoms with E-state index >= 15 is 0 Å². The van der Waals surface area contributed by atoms with E-state index in [0.717, 1.165) is 17.0 Å². The topological polar surface area (TPSA) is 83.2 Å². The Morgan fingerprint density at radius 2 is 1.96 bits per heavy atom. The molecule has 0 radical (unpaired) electrons. The van der Waals surface area contributed by atoms with Crippen LogP contribution in [0.3, 0.4) is 0 Å². The zero-order valence-corrected chi connectivity index (χ0v) is 14.2. The molecule has 6 nitrogen and oxygen atoms in total. The fourth-order valence-corrected chi connectivity index (χ4v) is 2.32. The van der Waals surface area contributed by atoms with E-state index in [2.05, 4.69) is 15.6 Å². The molecular formula is C18H23N3O3. The minimum Gasteiger partial charge on any atom is -0.491 e. The van der Waals surface area contributed by atoms with Crippen LogP contribution in [0.25, 0.3) is 0 Å². The molecule has 1 aromatic carbocycles. The van der Waals surface area contributed by atoms with E-state index in [-0.39, 0.29) is 24.2 Å². The number of nitrogens with one attached hydrogen (secondary N) is 3. The number of hydrogen-bond acceptors (Lipinski definition) is 3. The van der Waals surface area contributed by atoms with Gasteiger partial charge in [-0.15, -0.1) is 0 Å². The number of ether oxygens (including phenoxy) is 1. The van der Waals surface area contributed by atoms with E-state index in [0.29, 0.717) is 12.2 Å². The van der Waals surface area contributed by atoms with Crippen molar-refractivity contribution >= 4 is 6.03 Å². The molecule has 0 saturated carbocycles. The molecule has 6 heteroatoms. The number of rotatable bonds is 6. The highest BCUT2D eigenvalue weighted by atomic mass is 16.5. The molecule has 0 saturated heterocycles. The molecule has 0 aliphatic rings. The van der Waals surface area contributed by atoms with Crippen molar-refractivity contribution in [1.29, 1.82) is 0 Å². The average Bonchev–Trinajstić information content (AvgIpc) is 2.53. The fourth-order valence-electron chi connectivity index (χ4n) is 2.32. The largest absolute Gasteiger partial charge is 0.491 e. The summed E-state index contributed by atoms with van der Waals surface area (Å²) in [6.07, 6.45) is 0. The molecule has 0 aliphatic carbocycles. The number of pyridine rings is 1. The van der Waals surface area contributed by atoms with Crippen LogP contribution in [0.15, 0.2) is 41.2 Å². The minimum absolute atomic E-state index is 0.164. The Balaban J connectivity index is 1.80. The number of aryl methyl sites for hydroxylation is 2. The number of H-pyrrole nitrogens is 1. The summed E-state index contributed by atoms with van der Waals surface area (Å²) >= 11 is 0. The molecule has 1 heterocycles. The fraction of sp³-hybridized carbons (Fsp3) is 0.333. The van der Waals surface area contributed by atoms with E-state index in [1.165, 1.54) is 0 Å². The summed E-state index contributed by atoms with van der Waals surface area (Å²) < 4.78 is 5.59. The van der Waals surface area contributed by atoms with E-state index in [1.54, 1.807) is 0 Å². The van der Waals surface area contributed by atoms with Gasteiger partial charge in [0.1, 0.15) is 12.4 Å². The summed E-state index contributed by atoms with van der Waals surface area (Å²) in [6.45, 7) is 6.08. The third-order valence-corrected chi connectivity index (χ3v) is 3.54. The van der Waals surface area contributed by atoms with Crippen molar-refractivity contribution in [2.24, 2.45) is 0 Å². The first-order chi connectivity index (χ1) is 11.5. The number of para-hydroxylation sites is 1. The van der Waals surface area contributed by atoms with Crippen LogP contribution in [0.2, 0.25) is 0 Å². The Morgan fingerprint density at radius 1 is 1.25 bits per heavy atom. The van der Waals surface area contributed by atoms with Crippen LogP contribution >= 0.6 is 0 Å². The van der Waals surface area contributed by atoms with Gasteiger partial charge >= 0.3 is 6.03 Å². The van der Waals surface area contributed by atoms with Gasteiger partial charge in [-0.05, 0) is 44.5 Å². The number of carbonyl (C=O) groups excluding carboxylic acids is 1. The van der Waals surface area contributed by atoms with Gasteiger partial charge < -0.3 is 20.4 Å². The van der Waals surface area contributed by atoms with Gasteiger partial charge in [0.2, 0.25) is 0 Å². The van der Waals surface area contributed by atoms with Gasteiger partial charge in [-0.2, -0.15) is 0 Å². The standard InChI is InChI=1S/C18H23N3O3/c1-12-9-13(2)20-17(22)16(12)10-19-18(23)21-14(3)11-24-15-7-5-4-6-8-15/h4-9,14H,10-11H2,1-3H3,(H,20,22)(H2,19,21,23)/t14-/m1/s1. The van der Waals surface area contributed by atoms with E-state index in [4.69, 9.17) is 4.74 Å². The van der Waals surface area contributed by atoms with Crippen LogP contribution in [-0.2, 0) is 6.54 Å². The maximum Gasteiger partial charge on any atom is 0.315 e. The van der Waals surface area contributed by atoms with Gasteiger partial charge in [0.05, 0.1) is 12.6 Å². The second kappa shape index (κ2) is 8.19. The highest BCUT2D eigenvalue weighted by Gasteiger charge is 2.10. The lowest BCUT2D eigenvalue weighted by molar-refractivity contribution is 0.226. The normalized spacial score (nSPS) is 11.6. The van der Waals surface area contributed by atoms with E-state index in [1.807, 2.05) is 57.2 Å². The van der Waals surface area contributed by atoms with E-state index < -0.39 is 0 Å². The lowest BCUT2D eigenvalue weighted by Gasteiger charge is -2.16. The third kappa shape index (κ3) is 5.15. The molecule has 0 unspecified atom stereocenters. The first-order valence-corrected chi connectivity index (χ1v) is 7.87. The molecule has 128 valence electrons. The third-order valence-electron chi connectivity index (χ3n) is 3.54. The molecule has 2 amide bonds. The van der Waals surface area contributed by atoms with Crippen molar-refractivity contribution in [3.05, 3.63) is 63.6 Å². The molecule has 0 fully saturated rings. The smallest absolute Gasteiger partial charge is 0.315 e. The second-order valence-electron chi connectivity index (χ2n) is 5.80. The van der Waals surface area contributed by atoms with Crippen molar-refractivity contribution in [3.63, 3.8) is 0 Å². The number of carbonyl (C=O) groups is 1. The Kier molecular flexibility index (Phi) is 6.01. The molecule has 2 aromatic rings. The van der Waals surface area contributed by atoms with Crippen molar-refractivity contribution in [2.75, 3.05) is 6.61 Å². The second-order valence-corrected chi connectivity index (χ2v) is 5.80. The number of aromatic amines is 1. The van der Waals surface area contributed by atoms with Crippen LogP contribution in [0.5, 0.6) is 5.75 Å². The molecule has 0 aliphatic heterocycles. The Morgan fingerprint density at radius 3 is 2.62 bits per heavy atom. The number of urea groups is 1. The first kappa shape index (κ1) is 17.6. The number of amides is 2. The zero-order chi connectivity index (χ0) is 17.5. The van der Waals surface area contributed by atoms with Crippen molar-refractivity contribution in [2.45, 2.75) is 33.4 Å². The summed E-state index contributed by atoms with van der Waals surface area (Å²) in [5.74, 6) is 0.758. The quantitative estimate of drug-likeness (QED) is 0.760. The van der Waals surface area contributed by atoms with Crippen LogP contribution < -0.4 is 20.9 Å². The lowest BCUT2D eigenvalue weighted by Crippen LogP contribution is -2.43. The van der Waals surface area contributed by atoms with Crippen LogP contribution in [-0.4, -0.2) is 23.7 Å². The molecule has 1 atom stereocenters. The highest BCUT2D eigenvalue weighted by molar-refractivity contribution is 5.74. The summed E-state index contributed by atoms with van der Waals surface area (Å²) in [4.78, 5) is 26.6. The molecule has 3 N–H and O–H groups in total. The lowest BCUT2D eigenvalue weighted by atomic mass is 10.1. The number of hydrogen-bond donors (Lipinski definition) is 3. The zero-order valence-electron chi connectivity index (χ0n) is 14.2. The maximum atomic E-state index is 11.9. The maximum absolute atomic E-state index is 11.9. The van der Waals surface area contributed by atoms with Crippen molar-refractivity contribution in [3.8, 4) is 5.75 Å². The first-order valence-electron chi connectivity index (χ1n) is 7.87. The molecule has 0 bridgehead atoms. The minimum atomic E-state index is -0.335. The molecular weight excluding hydrogens is 306 g/mol. The summed E-state index contributed by atoms with van der Waals surface area (Å²) in [5, 5.41) is 5.49. The summed E-state index contributed by atoms with van der Waals surface area (Å²) in [7, 11) is 0. The monoisotopic (exact) mass is 329 g/mol. The Hall–Kier alpha value is -2.76. The Labute approximate surface area is 141 Å². The van der Waals surface area contributed by atoms with Crippen molar-refractivity contribution in [1.82, 2.24) is 15.6 Å². The molecule has 0 spiro atoms. The molecule has 2 rings (SSSR count). The number of benzene rings is 1. The van der Waals surface area contributed by atoms with Gasteiger partial charge in [0, 0.05) is 11.3 Å². The van der Waals surface area contributed by atoms with Gasteiger partial charge in [-0.25, -0.2) is 4.79 Å². The van der Waals surface area contributed by atoms with Crippen LogP contribution in [0.1, 0.15) is 23.7 Å². The van der Waals surface area contributed by atoms with Gasteiger partial charge in [-0.3, -0.25) is 4.79 Å². The van der Waals surface area contributed by atoms with Gasteiger partial charge in [0.25, 0.3) is 5.56 Å². The molecule has 24 heavy (non-hydrogen) atoms. The number of aromatic nitrogens is 1. The van der Waals surface area contributed by atoms with Crippen molar-refractivity contribution < 1.29 is 9.53 Å². The highest BCUT2D eigenvalue weighted by Crippen LogP contribution is 2.08. The molecule has 1 aromatic heterocycles. The predicted molar refractivity (Wildman–Crippen MR) is 93.3 cm³/mol. The van der Waals surface area contributed by atoms with E-state index in [9.17, 15) is 9.59 Å². The average molecular weight is 329 g/mol. The van der Waals surface area contributed by atoms with Crippen LogP contribution in [0.4, 0.5) is 4.79 Å².